The van der Waals surface area contributed by atoms with Crippen LogP contribution in [0.25, 0.3) is 0 Å². The van der Waals surface area contributed by atoms with E-state index in [9.17, 15) is 9.18 Å². The van der Waals surface area contributed by atoms with Crippen LogP contribution in [0.5, 0.6) is 5.75 Å². The zero-order valence-electron chi connectivity index (χ0n) is 15.4. The number of hydrogen-bond acceptors (Lipinski definition) is 6. The zero-order chi connectivity index (χ0) is 19.8. The molecule has 3 rings (SSSR count). The first-order valence-corrected chi connectivity index (χ1v) is 9.73. The average Bonchev–Trinajstić information content (AvgIpc) is 3.14. The largest absolute Gasteiger partial charge is 0.484 e. The Kier molecular flexibility index (Phi) is 7.02. The molecule has 0 aliphatic rings. The third kappa shape index (κ3) is 6.09. The molecule has 0 atom stereocenters. The Labute approximate surface area is 166 Å². The van der Waals surface area contributed by atoms with Crippen molar-refractivity contribution in [2.24, 2.45) is 0 Å². The van der Waals surface area contributed by atoms with Crippen molar-refractivity contribution < 1.29 is 18.3 Å². The van der Waals surface area contributed by atoms with Crippen LogP contribution < -0.4 is 10.1 Å². The standard InChI is InChI=1S/C20H20FN3O3S/c1-14-5-4-7-16(11-14)26-12-19-23-24-20(27-19)28-13-18(25)22-10-9-15-6-2-3-8-17(15)21/h2-8,11H,9-10,12-13H2,1H3,(H,22,25). The van der Waals surface area contributed by atoms with Crippen LogP contribution in [0.3, 0.4) is 0 Å². The lowest BCUT2D eigenvalue weighted by Gasteiger charge is -2.05. The Balaban J connectivity index is 1.37. The summed E-state index contributed by atoms with van der Waals surface area (Å²) in [5.74, 6) is 0.748. The number of halogens is 1. The lowest BCUT2D eigenvalue weighted by molar-refractivity contribution is -0.118. The smallest absolute Gasteiger partial charge is 0.277 e. The van der Waals surface area contributed by atoms with Crippen molar-refractivity contribution in [3.63, 3.8) is 0 Å². The van der Waals surface area contributed by atoms with Crippen LogP contribution in [-0.2, 0) is 17.8 Å². The van der Waals surface area contributed by atoms with Gasteiger partial charge >= 0.3 is 0 Å². The van der Waals surface area contributed by atoms with Crippen molar-refractivity contribution in [1.29, 1.82) is 0 Å². The van der Waals surface area contributed by atoms with E-state index in [4.69, 9.17) is 9.15 Å². The maximum atomic E-state index is 13.5. The summed E-state index contributed by atoms with van der Waals surface area (Å²) in [5.41, 5.74) is 1.67. The summed E-state index contributed by atoms with van der Waals surface area (Å²) in [5, 5.41) is 10.8. The Bertz CT molecular complexity index is 932. The van der Waals surface area contributed by atoms with E-state index in [1.165, 1.54) is 6.07 Å². The van der Waals surface area contributed by atoms with Crippen molar-refractivity contribution in [1.82, 2.24) is 15.5 Å². The van der Waals surface area contributed by atoms with E-state index in [1.54, 1.807) is 18.2 Å². The molecule has 1 aromatic heterocycles. The van der Waals surface area contributed by atoms with E-state index in [1.807, 2.05) is 31.2 Å². The molecule has 1 amide bonds. The zero-order valence-corrected chi connectivity index (χ0v) is 16.2. The number of aromatic nitrogens is 2. The van der Waals surface area contributed by atoms with Gasteiger partial charge in [0.15, 0.2) is 6.61 Å². The van der Waals surface area contributed by atoms with Gasteiger partial charge in [-0.25, -0.2) is 4.39 Å². The van der Waals surface area contributed by atoms with Crippen LogP contribution in [0, 0.1) is 12.7 Å². The normalized spacial score (nSPS) is 10.6. The molecule has 1 heterocycles. The molecule has 0 fully saturated rings. The van der Waals surface area contributed by atoms with Crippen molar-refractivity contribution in [3.8, 4) is 5.75 Å². The molecule has 6 nitrogen and oxygen atoms in total. The van der Waals surface area contributed by atoms with E-state index in [-0.39, 0.29) is 24.1 Å². The lowest BCUT2D eigenvalue weighted by atomic mass is 10.1. The predicted octanol–water partition coefficient (Wildman–Crippen LogP) is 3.55. The first-order chi connectivity index (χ1) is 13.6. The fourth-order valence-electron chi connectivity index (χ4n) is 2.42. The third-order valence-corrected chi connectivity index (χ3v) is 4.62. The molecule has 0 bridgehead atoms. The quantitative estimate of drug-likeness (QED) is 0.553. The van der Waals surface area contributed by atoms with Gasteiger partial charge in [-0.1, -0.05) is 42.1 Å². The number of hydrogen-bond donors (Lipinski definition) is 1. The van der Waals surface area contributed by atoms with Gasteiger partial charge in [0.1, 0.15) is 11.6 Å². The van der Waals surface area contributed by atoms with Gasteiger partial charge in [-0.2, -0.15) is 0 Å². The summed E-state index contributed by atoms with van der Waals surface area (Å²) < 4.78 is 24.6. The highest BCUT2D eigenvalue weighted by atomic mass is 32.2. The predicted molar refractivity (Wildman–Crippen MR) is 104 cm³/mol. The molecule has 8 heteroatoms. The van der Waals surface area contributed by atoms with Crippen molar-refractivity contribution in [2.75, 3.05) is 12.3 Å². The number of carbonyl (C=O) groups is 1. The van der Waals surface area contributed by atoms with Crippen molar-refractivity contribution >= 4 is 17.7 Å². The fraction of sp³-hybridized carbons (Fsp3) is 0.250. The number of rotatable bonds is 9. The summed E-state index contributed by atoms with van der Waals surface area (Å²) in [6.07, 6.45) is 0.435. The Hall–Kier alpha value is -2.87. The molecule has 0 aliphatic heterocycles. The lowest BCUT2D eigenvalue weighted by Crippen LogP contribution is -2.27. The number of thioether (sulfide) groups is 1. The second-order valence-electron chi connectivity index (χ2n) is 6.05. The van der Waals surface area contributed by atoms with Crippen LogP contribution in [0.2, 0.25) is 0 Å². The first-order valence-electron chi connectivity index (χ1n) is 8.75. The molecule has 0 saturated heterocycles. The topological polar surface area (TPSA) is 77.2 Å². The molecule has 28 heavy (non-hydrogen) atoms. The molecule has 0 spiro atoms. The van der Waals surface area contributed by atoms with Crippen LogP contribution in [0.4, 0.5) is 4.39 Å². The summed E-state index contributed by atoms with van der Waals surface area (Å²) >= 11 is 1.14. The summed E-state index contributed by atoms with van der Waals surface area (Å²) in [7, 11) is 0. The Morgan fingerprint density at radius 3 is 2.89 bits per heavy atom. The maximum Gasteiger partial charge on any atom is 0.277 e. The van der Waals surface area contributed by atoms with E-state index >= 15 is 0 Å². The summed E-state index contributed by atoms with van der Waals surface area (Å²) in [6.45, 7) is 2.50. The molecule has 146 valence electrons. The number of nitrogens with zero attached hydrogens (tertiary/aromatic N) is 2. The van der Waals surface area contributed by atoms with E-state index in [0.717, 1.165) is 23.1 Å². The molecular formula is C20H20FN3O3S. The van der Waals surface area contributed by atoms with Gasteiger partial charge in [-0.05, 0) is 42.7 Å². The van der Waals surface area contributed by atoms with Crippen molar-refractivity contribution in [2.45, 2.75) is 25.2 Å². The highest BCUT2D eigenvalue weighted by Gasteiger charge is 2.10. The van der Waals surface area contributed by atoms with Crippen molar-refractivity contribution in [3.05, 3.63) is 71.4 Å². The molecule has 0 radical (unpaired) electrons. The SMILES string of the molecule is Cc1cccc(OCc2nnc(SCC(=O)NCCc3ccccc3F)o2)c1. The second-order valence-corrected chi connectivity index (χ2v) is 6.97. The number of amides is 1. The molecule has 1 N–H and O–H groups in total. The number of aryl methyl sites for hydroxylation is 1. The van der Waals surface area contributed by atoms with Gasteiger partial charge < -0.3 is 14.5 Å². The van der Waals surface area contributed by atoms with Crippen LogP contribution in [-0.4, -0.2) is 28.4 Å². The number of carbonyl (C=O) groups excluding carboxylic acids is 1. The average molecular weight is 401 g/mol. The van der Waals surface area contributed by atoms with E-state index in [0.29, 0.717) is 29.6 Å². The fourth-order valence-corrected chi connectivity index (χ4v) is 3.03. The van der Waals surface area contributed by atoms with Gasteiger partial charge in [0.05, 0.1) is 5.75 Å². The first kappa shape index (κ1) is 19.9. The minimum absolute atomic E-state index is 0.137. The van der Waals surface area contributed by atoms with Gasteiger partial charge in [0.2, 0.25) is 5.91 Å². The highest BCUT2D eigenvalue weighted by molar-refractivity contribution is 7.99. The molecule has 0 saturated carbocycles. The van der Waals surface area contributed by atoms with Crippen LogP contribution >= 0.6 is 11.8 Å². The number of benzene rings is 2. The molecule has 2 aromatic carbocycles. The Morgan fingerprint density at radius 1 is 1.21 bits per heavy atom. The number of nitrogens with one attached hydrogen (secondary N) is 1. The van der Waals surface area contributed by atoms with Gasteiger partial charge in [-0.15, -0.1) is 10.2 Å². The molecule has 3 aromatic rings. The monoisotopic (exact) mass is 401 g/mol. The third-order valence-electron chi connectivity index (χ3n) is 3.80. The summed E-state index contributed by atoms with van der Waals surface area (Å²) in [6, 6.07) is 14.2. The highest BCUT2D eigenvalue weighted by Crippen LogP contribution is 2.18. The summed E-state index contributed by atoms with van der Waals surface area (Å²) in [4.78, 5) is 11.9. The number of ether oxygens (including phenoxy) is 1. The van der Waals surface area contributed by atoms with Gasteiger partial charge in [0.25, 0.3) is 11.1 Å². The van der Waals surface area contributed by atoms with E-state index in [2.05, 4.69) is 15.5 Å². The molecular weight excluding hydrogens is 381 g/mol. The molecule has 0 aliphatic carbocycles. The van der Waals surface area contributed by atoms with Gasteiger partial charge in [0, 0.05) is 6.54 Å². The van der Waals surface area contributed by atoms with E-state index < -0.39 is 0 Å². The molecule has 0 unspecified atom stereocenters. The Morgan fingerprint density at radius 2 is 2.07 bits per heavy atom. The van der Waals surface area contributed by atoms with Crippen LogP contribution in [0.1, 0.15) is 17.0 Å². The minimum Gasteiger partial charge on any atom is -0.484 e. The van der Waals surface area contributed by atoms with Gasteiger partial charge in [-0.3, -0.25) is 4.79 Å². The second kappa shape index (κ2) is 9.89. The van der Waals surface area contributed by atoms with Crippen LogP contribution in [0.15, 0.2) is 58.2 Å². The minimum atomic E-state index is -0.266. The maximum absolute atomic E-state index is 13.5.